The maximum absolute atomic E-state index is 14.2. The zero-order valence-corrected chi connectivity index (χ0v) is 39.2. The summed E-state index contributed by atoms with van der Waals surface area (Å²) in [7, 11) is 0. The predicted molar refractivity (Wildman–Crippen MR) is 244 cm³/mol. The Kier molecular flexibility index (Phi) is 16.3. The van der Waals surface area contributed by atoms with Gasteiger partial charge in [0.25, 0.3) is 0 Å². The van der Waals surface area contributed by atoms with Crippen molar-refractivity contribution >= 4 is 66.2 Å². The van der Waals surface area contributed by atoms with E-state index in [1.165, 1.54) is 65.4 Å². The van der Waals surface area contributed by atoms with Crippen molar-refractivity contribution in [3.05, 3.63) is 176 Å². The number of thiazole rings is 2. The van der Waals surface area contributed by atoms with Gasteiger partial charge in [0.05, 0.1) is 73.0 Å². The normalized spacial score (nSPS) is 11.5. The third-order valence-corrected chi connectivity index (χ3v) is 11.6. The lowest BCUT2D eigenvalue weighted by Gasteiger charge is -2.18. The fourth-order valence-electron chi connectivity index (χ4n) is 6.16. The number of aliphatic hydroxyl groups is 1. The molecule has 0 spiro atoms. The number of nitrogens with zero attached hydrogens (tertiary/aromatic N) is 12. The molecule has 8 rings (SSSR count). The highest BCUT2D eigenvalue weighted by atomic mass is 79.9. The van der Waals surface area contributed by atoms with Gasteiger partial charge < -0.3 is 39.2 Å². The highest BCUT2D eigenvalue weighted by Gasteiger charge is 2.24. The Balaban J connectivity index is 0.000000188. The van der Waals surface area contributed by atoms with E-state index in [-0.39, 0.29) is 5.75 Å². The topological polar surface area (TPSA) is 251 Å². The molecule has 6 aromatic heterocycles. The molecule has 0 aliphatic carbocycles. The van der Waals surface area contributed by atoms with Crippen LogP contribution < -0.4 is 4.74 Å². The van der Waals surface area contributed by atoms with Crippen LogP contribution in [0.5, 0.6) is 5.75 Å². The second-order valence-electron chi connectivity index (χ2n) is 13.7. The minimum absolute atomic E-state index is 0.0435. The molecule has 0 amide bonds. The minimum atomic E-state index is -0.940. The first-order chi connectivity index (χ1) is 32.0. The standard InChI is InChI=1S/C21H14BrFN6O3S.C16H13FN4OS.C5H2BrFN2O2/c1-12(32-18-4-13(22)7-25-21(18)29(30)31)17-5-14(23)2-3-16(17)20-19(33-11-27-20)9-28-8-15(6-24)26-10-28;1-10(22)14-4-11(17)2-3-13(14)16-15(23-9-20-16)7-21-6-12(5-18)19-8-21;6-3-1-4(7)5(8-2-3)9(10)11/h2-5,7-8,10-12H,9H2,1H3;2-4,6,8-10,22H,7H2,1H3;1-2H. The summed E-state index contributed by atoms with van der Waals surface area (Å²) in [5.41, 5.74) is 7.68. The smallest absolute Gasteiger partial charge is 0.406 e. The molecular formula is C42H29Br2F3N12O6S2. The van der Waals surface area contributed by atoms with E-state index in [1.54, 1.807) is 71.2 Å². The Labute approximate surface area is 401 Å². The summed E-state index contributed by atoms with van der Waals surface area (Å²) in [4.78, 5) is 45.5. The molecule has 8 aromatic rings. The van der Waals surface area contributed by atoms with E-state index in [0.717, 1.165) is 15.8 Å². The molecule has 2 aromatic carbocycles. The molecule has 2 atom stereocenters. The van der Waals surface area contributed by atoms with E-state index >= 15 is 0 Å². The minimum Gasteiger partial charge on any atom is -0.478 e. The van der Waals surface area contributed by atoms with Crippen LogP contribution in [0, 0.1) is 60.3 Å². The molecule has 0 radical (unpaired) electrons. The molecule has 0 aliphatic rings. The number of nitriles is 2. The van der Waals surface area contributed by atoms with Crippen molar-refractivity contribution in [1.82, 2.24) is 39.0 Å². The first-order valence-corrected chi connectivity index (χ1v) is 22.3. The van der Waals surface area contributed by atoms with E-state index in [2.05, 4.69) is 61.8 Å². The summed E-state index contributed by atoms with van der Waals surface area (Å²) in [6.45, 7) is 4.19. The van der Waals surface area contributed by atoms with Crippen LogP contribution in [0.2, 0.25) is 0 Å². The predicted octanol–water partition coefficient (Wildman–Crippen LogP) is 10.3. The van der Waals surface area contributed by atoms with Crippen LogP contribution in [0.3, 0.4) is 0 Å². The lowest BCUT2D eigenvalue weighted by molar-refractivity contribution is -0.392. The van der Waals surface area contributed by atoms with E-state index in [4.69, 9.17) is 15.3 Å². The van der Waals surface area contributed by atoms with Crippen molar-refractivity contribution in [3.8, 4) is 40.4 Å². The van der Waals surface area contributed by atoms with Gasteiger partial charge in [-0.2, -0.15) is 14.9 Å². The van der Waals surface area contributed by atoms with Crippen molar-refractivity contribution in [3.63, 3.8) is 0 Å². The molecule has 67 heavy (non-hydrogen) atoms. The number of pyridine rings is 2. The fourth-order valence-corrected chi connectivity index (χ4v) is 8.34. The van der Waals surface area contributed by atoms with E-state index in [0.29, 0.717) is 67.1 Å². The summed E-state index contributed by atoms with van der Waals surface area (Å²) >= 11 is 9.03. The summed E-state index contributed by atoms with van der Waals surface area (Å²) < 4.78 is 50.5. The number of rotatable bonds is 12. The first kappa shape index (κ1) is 49.2. The highest BCUT2D eigenvalue weighted by molar-refractivity contribution is 9.10. The van der Waals surface area contributed by atoms with Gasteiger partial charge in [-0.05, 0) is 107 Å². The van der Waals surface area contributed by atoms with Crippen LogP contribution in [0.1, 0.15) is 58.3 Å². The Morgan fingerprint density at radius 1 is 0.731 bits per heavy atom. The van der Waals surface area contributed by atoms with Gasteiger partial charge in [-0.15, -0.1) is 22.7 Å². The molecule has 0 saturated carbocycles. The van der Waals surface area contributed by atoms with Crippen molar-refractivity contribution in [2.45, 2.75) is 39.1 Å². The largest absolute Gasteiger partial charge is 0.478 e. The number of hydrogen-bond donors (Lipinski definition) is 1. The number of aliphatic hydroxyl groups excluding tert-OH is 1. The van der Waals surface area contributed by atoms with Crippen molar-refractivity contribution in [2.24, 2.45) is 0 Å². The van der Waals surface area contributed by atoms with Gasteiger partial charge in [0.1, 0.15) is 29.9 Å². The zero-order chi connectivity index (χ0) is 48.4. The van der Waals surface area contributed by atoms with Gasteiger partial charge in [0.15, 0.2) is 23.8 Å². The molecular weight excluding hydrogens is 1050 g/mol. The summed E-state index contributed by atoms with van der Waals surface area (Å²) in [5.74, 6) is -3.05. The zero-order valence-electron chi connectivity index (χ0n) is 34.4. The number of aromatic nitrogens is 8. The van der Waals surface area contributed by atoms with Gasteiger partial charge in [-0.25, -0.2) is 28.7 Å². The van der Waals surface area contributed by atoms with Crippen LogP contribution in [0.25, 0.3) is 22.5 Å². The average molecular weight is 1080 g/mol. The van der Waals surface area contributed by atoms with Crippen molar-refractivity contribution < 1.29 is 32.9 Å². The number of nitro groups is 2. The Bertz CT molecular complexity index is 3170. The first-order valence-electron chi connectivity index (χ1n) is 18.9. The second-order valence-corrected chi connectivity index (χ2v) is 17.4. The van der Waals surface area contributed by atoms with Crippen molar-refractivity contribution in [1.29, 1.82) is 10.5 Å². The number of imidazole rings is 2. The van der Waals surface area contributed by atoms with E-state index in [9.17, 15) is 38.5 Å². The monoisotopic (exact) mass is 1080 g/mol. The number of ether oxygens (including phenoxy) is 1. The van der Waals surface area contributed by atoms with Crippen LogP contribution >= 0.6 is 54.5 Å². The molecule has 0 aliphatic heterocycles. The molecule has 0 fully saturated rings. The maximum atomic E-state index is 14.2. The SMILES string of the molecule is CC(O)c1cc(F)ccc1-c1ncsc1Cn1cnc(C#N)c1.CC(Oc1cc(Br)cnc1[N+](=O)[O-])c1cc(F)ccc1-c1ncsc1Cn1cnc(C#N)c1.O=[N+]([O-])c1ncc(Br)cc1F. The molecule has 1 N–H and O–H groups in total. The summed E-state index contributed by atoms with van der Waals surface area (Å²) in [6.07, 6.45) is 7.34. The summed E-state index contributed by atoms with van der Waals surface area (Å²) in [6, 6.07) is 15.0. The number of benzene rings is 2. The third kappa shape index (κ3) is 12.5. The molecule has 6 heterocycles. The van der Waals surface area contributed by atoms with Gasteiger partial charge in [0, 0.05) is 41.2 Å². The molecule has 0 saturated heterocycles. The van der Waals surface area contributed by atoms with Crippen LogP contribution in [0.15, 0.2) is 106 Å². The molecule has 18 nitrogen and oxygen atoms in total. The Morgan fingerprint density at radius 3 is 1.67 bits per heavy atom. The third-order valence-electron chi connectivity index (χ3n) is 9.09. The van der Waals surface area contributed by atoms with E-state index in [1.807, 2.05) is 12.1 Å². The number of hydrogen-bond acceptors (Lipinski definition) is 16. The molecule has 0 bridgehead atoms. The quantitative estimate of drug-likeness (QED) is 0.0883. The van der Waals surface area contributed by atoms with Crippen molar-refractivity contribution in [2.75, 3.05) is 0 Å². The van der Waals surface area contributed by atoms with E-state index < -0.39 is 51.1 Å². The maximum Gasteiger partial charge on any atom is 0.406 e. The van der Waals surface area contributed by atoms with Gasteiger partial charge in [0.2, 0.25) is 11.6 Å². The van der Waals surface area contributed by atoms with Crippen LogP contribution in [0.4, 0.5) is 24.8 Å². The number of halogens is 5. The lowest BCUT2D eigenvalue weighted by Crippen LogP contribution is -2.08. The molecule has 2 unspecified atom stereocenters. The average Bonchev–Trinajstić information content (AvgIpc) is 4.13. The Morgan fingerprint density at radius 2 is 1.21 bits per heavy atom. The second kappa shape index (κ2) is 22.3. The molecule has 340 valence electrons. The van der Waals surface area contributed by atoms with Gasteiger partial charge in [-0.3, -0.25) is 0 Å². The van der Waals surface area contributed by atoms with Crippen LogP contribution in [-0.2, 0) is 13.1 Å². The Hall–Kier alpha value is -7.29. The highest BCUT2D eigenvalue weighted by Crippen LogP contribution is 2.37. The lowest BCUT2D eigenvalue weighted by atomic mass is 9.99. The van der Waals surface area contributed by atoms with Crippen LogP contribution in [-0.4, -0.2) is 54.0 Å². The molecule has 25 heteroatoms. The van der Waals surface area contributed by atoms with Gasteiger partial charge in [-0.1, -0.05) is 0 Å². The summed E-state index contributed by atoms with van der Waals surface area (Å²) in [5, 5.41) is 49.1. The van der Waals surface area contributed by atoms with Gasteiger partial charge >= 0.3 is 11.6 Å². The fraction of sp³-hybridized carbons (Fsp3) is 0.143.